The summed E-state index contributed by atoms with van der Waals surface area (Å²) in [4.78, 5) is 0. The van der Waals surface area contributed by atoms with Gasteiger partial charge in [0.1, 0.15) is 0 Å². The number of hydrogen-bond donors (Lipinski definition) is 0. The normalized spacial score (nSPS) is 21.4. The van der Waals surface area contributed by atoms with E-state index in [1.807, 2.05) is 13.0 Å². The highest BCUT2D eigenvalue weighted by Gasteiger charge is 2.41. The first-order valence-corrected chi connectivity index (χ1v) is 10.9. The van der Waals surface area contributed by atoms with Gasteiger partial charge in [0, 0.05) is 17.3 Å². The summed E-state index contributed by atoms with van der Waals surface area (Å²) in [7, 11) is 0. The third kappa shape index (κ3) is 4.65. The number of rotatable bonds is 5. The number of benzene rings is 1. The van der Waals surface area contributed by atoms with Gasteiger partial charge < -0.3 is 9.47 Å². The van der Waals surface area contributed by atoms with Crippen molar-refractivity contribution < 1.29 is 9.47 Å². The number of allylic oxidation sites excluding steroid dienone is 1. The second-order valence-corrected chi connectivity index (χ2v) is 8.85. The van der Waals surface area contributed by atoms with Crippen LogP contribution in [0.2, 0.25) is 0 Å². The molecule has 0 amide bonds. The molecule has 1 heterocycles. The molecule has 1 aliphatic heterocycles. The zero-order valence-corrected chi connectivity index (χ0v) is 18.3. The van der Waals surface area contributed by atoms with Crippen LogP contribution in [0.4, 0.5) is 0 Å². The maximum Gasteiger partial charge on any atom is 0.168 e. The van der Waals surface area contributed by atoms with Gasteiger partial charge in [-0.05, 0) is 67.7 Å². The first-order valence-electron chi connectivity index (χ1n) is 10.1. The zero-order chi connectivity index (χ0) is 19.4. The van der Waals surface area contributed by atoms with Crippen molar-refractivity contribution >= 4 is 20.4 Å². The van der Waals surface area contributed by atoms with Gasteiger partial charge in [0.05, 0.1) is 24.8 Å². The van der Waals surface area contributed by atoms with E-state index < -0.39 is 0 Å². The maximum absolute atomic E-state index is 9.32. The summed E-state index contributed by atoms with van der Waals surface area (Å²) in [6.45, 7) is 7.90. The van der Waals surface area contributed by atoms with Crippen molar-refractivity contribution in [2.75, 3.05) is 13.2 Å². The summed E-state index contributed by atoms with van der Waals surface area (Å²) in [6.07, 6.45) is 8.99. The van der Waals surface area contributed by atoms with Gasteiger partial charge in [-0.15, -0.1) is 0 Å². The quantitative estimate of drug-likeness (QED) is 0.552. The molecule has 0 aromatic heterocycles. The first kappa shape index (κ1) is 20.6. The van der Waals surface area contributed by atoms with Crippen LogP contribution in [0.15, 0.2) is 18.2 Å². The lowest BCUT2D eigenvalue weighted by Gasteiger charge is -2.38. The second-order valence-electron chi connectivity index (χ2n) is 7.99. The largest absolute Gasteiger partial charge is 0.348 e. The van der Waals surface area contributed by atoms with Crippen molar-refractivity contribution in [3.05, 3.63) is 40.5 Å². The highest BCUT2D eigenvalue weighted by atomic mass is 79.9. The average Bonchev–Trinajstić information content (AvgIpc) is 3.11. The van der Waals surface area contributed by atoms with Crippen LogP contribution in [0.1, 0.15) is 67.7 Å². The van der Waals surface area contributed by atoms with Gasteiger partial charge in [-0.25, -0.2) is 0 Å². The molecule has 0 bridgehead atoms. The molecule has 1 saturated carbocycles. The van der Waals surface area contributed by atoms with E-state index in [0.29, 0.717) is 5.92 Å². The van der Waals surface area contributed by atoms with Crippen LogP contribution in [0, 0.1) is 37.0 Å². The minimum Gasteiger partial charge on any atom is -0.348 e. The van der Waals surface area contributed by atoms with E-state index in [4.69, 9.17) is 9.47 Å². The highest BCUT2D eigenvalue weighted by molar-refractivity contribution is 9.15. The minimum atomic E-state index is -0.266. The van der Waals surface area contributed by atoms with Gasteiger partial charge in [0.15, 0.2) is 5.79 Å². The SMILES string of the molecule is CCC(C/C=C(/Br)c1cc(C#N)c(C)cc1C)C1CCC2(CC1)OCCO2. The first-order chi connectivity index (χ1) is 13.0. The minimum absolute atomic E-state index is 0.266. The lowest BCUT2D eigenvalue weighted by Crippen LogP contribution is -2.36. The molecule has 1 spiro atoms. The Morgan fingerprint density at radius 2 is 1.93 bits per heavy atom. The number of hydrogen-bond acceptors (Lipinski definition) is 3. The van der Waals surface area contributed by atoms with Crippen molar-refractivity contribution in [1.29, 1.82) is 5.26 Å². The van der Waals surface area contributed by atoms with E-state index in [2.05, 4.69) is 48.0 Å². The summed E-state index contributed by atoms with van der Waals surface area (Å²) >= 11 is 3.77. The van der Waals surface area contributed by atoms with Crippen LogP contribution in [0.5, 0.6) is 0 Å². The molecule has 1 aliphatic carbocycles. The Hall–Kier alpha value is -1.15. The molecular weight excluding hydrogens is 402 g/mol. The third-order valence-corrected chi connectivity index (χ3v) is 7.10. The van der Waals surface area contributed by atoms with E-state index in [9.17, 15) is 5.26 Å². The fourth-order valence-electron chi connectivity index (χ4n) is 4.62. The van der Waals surface area contributed by atoms with Gasteiger partial charge in [-0.3, -0.25) is 0 Å². The van der Waals surface area contributed by atoms with Crippen LogP contribution >= 0.6 is 15.9 Å². The summed E-state index contributed by atoms with van der Waals surface area (Å²) in [5.74, 6) is 1.15. The predicted molar refractivity (Wildman–Crippen MR) is 113 cm³/mol. The lowest BCUT2D eigenvalue weighted by molar-refractivity contribution is -0.184. The van der Waals surface area contributed by atoms with Gasteiger partial charge in [0.25, 0.3) is 0 Å². The summed E-state index contributed by atoms with van der Waals surface area (Å²) in [5, 5.41) is 9.32. The van der Waals surface area contributed by atoms with Gasteiger partial charge in [-0.2, -0.15) is 5.26 Å². The molecule has 3 nitrogen and oxygen atoms in total. The Morgan fingerprint density at radius 1 is 1.26 bits per heavy atom. The summed E-state index contributed by atoms with van der Waals surface area (Å²) < 4.78 is 12.9. The Labute approximate surface area is 171 Å². The highest BCUT2D eigenvalue weighted by Crippen LogP contribution is 2.42. The van der Waals surface area contributed by atoms with E-state index >= 15 is 0 Å². The van der Waals surface area contributed by atoms with Crippen molar-refractivity contribution in [2.24, 2.45) is 11.8 Å². The molecule has 1 unspecified atom stereocenters. The van der Waals surface area contributed by atoms with E-state index in [1.54, 1.807) is 0 Å². The van der Waals surface area contributed by atoms with Crippen LogP contribution in [-0.4, -0.2) is 19.0 Å². The van der Waals surface area contributed by atoms with E-state index in [1.165, 1.54) is 24.8 Å². The van der Waals surface area contributed by atoms with Crippen LogP contribution < -0.4 is 0 Å². The summed E-state index contributed by atoms with van der Waals surface area (Å²) in [6, 6.07) is 6.40. The number of ether oxygens (including phenoxy) is 2. The van der Waals surface area contributed by atoms with E-state index in [-0.39, 0.29) is 5.79 Å². The van der Waals surface area contributed by atoms with Gasteiger partial charge >= 0.3 is 0 Å². The molecule has 4 heteroatoms. The molecule has 0 radical (unpaired) electrons. The molecule has 1 aromatic rings. The molecule has 146 valence electrons. The Kier molecular flexibility index (Phi) is 6.78. The van der Waals surface area contributed by atoms with Crippen molar-refractivity contribution in [1.82, 2.24) is 0 Å². The predicted octanol–water partition coefficient (Wildman–Crippen LogP) is 6.26. The fourth-order valence-corrected chi connectivity index (χ4v) is 5.24. The van der Waals surface area contributed by atoms with Crippen molar-refractivity contribution in [3.8, 4) is 6.07 Å². The van der Waals surface area contributed by atoms with Gasteiger partial charge in [0.2, 0.25) is 0 Å². The Balaban J connectivity index is 1.66. The molecule has 1 saturated heterocycles. The second kappa shape index (κ2) is 8.90. The number of halogens is 1. The Bertz CT molecular complexity index is 733. The van der Waals surface area contributed by atoms with Crippen molar-refractivity contribution in [3.63, 3.8) is 0 Å². The Morgan fingerprint density at radius 3 is 2.52 bits per heavy atom. The third-order valence-electron chi connectivity index (χ3n) is 6.35. The molecule has 1 aromatic carbocycles. The number of nitrogens with zero attached hydrogens (tertiary/aromatic N) is 1. The molecular formula is C23H30BrNO2. The molecule has 2 aliphatic rings. The molecule has 1 atom stereocenters. The van der Waals surface area contributed by atoms with Crippen LogP contribution in [0.25, 0.3) is 4.48 Å². The van der Waals surface area contributed by atoms with Crippen LogP contribution in [0.3, 0.4) is 0 Å². The van der Waals surface area contributed by atoms with E-state index in [0.717, 1.165) is 59.6 Å². The smallest absolute Gasteiger partial charge is 0.168 e. The lowest BCUT2D eigenvalue weighted by atomic mass is 9.75. The number of nitriles is 1. The number of aryl methyl sites for hydroxylation is 2. The molecule has 2 fully saturated rings. The zero-order valence-electron chi connectivity index (χ0n) is 16.7. The standard InChI is InChI=1S/C23H30BrNO2/c1-4-18(19-7-9-23(10-8-19)26-11-12-27-23)5-6-22(24)21-14-20(15-25)16(2)13-17(21)3/h6,13-14,18-19H,4-5,7-12H2,1-3H3/b22-6+. The maximum atomic E-state index is 9.32. The molecule has 0 N–H and O–H groups in total. The fraction of sp³-hybridized carbons (Fsp3) is 0.609. The van der Waals surface area contributed by atoms with Crippen molar-refractivity contribution in [2.45, 2.75) is 65.1 Å². The van der Waals surface area contributed by atoms with Gasteiger partial charge in [-0.1, -0.05) is 41.4 Å². The van der Waals surface area contributed by atoms with Crippen LogP contribution in [-0.2, 0) is 9.47 Å². The molecule has 27 heavy (non-hydrogen) atoms. The monoisotopic (exact) mass is 431 g/mol. The average molecular weight is 432 g/mol. The summed E-state index contributed by atoms with van der Waals surface area (Å²) in [5.41, 5.74) is 4.13. The molecule has 3 rings (SSSR count). The topological polar surface area (TPSA) is 42.2 Å².